The smallest absolute Gasteiger partial charge is 0.337 e. The lowest BCUT2D eigenvalue weighted by atomic mass is 9.85. The van der Waals surface area contributed by atoms with E-state index in [-0.39, 0.29) is 23.4 Å². The molecular weight excluding hydrogens is 382 g/mol. The van der Waals surface area contributed by atoms with E-state index in [2.05, 4.69) is 20.6 Å². The second-order valence-electron chi connectivity index (χ2n) is 6.39. The van der Waals surface area contributed by atoms with Crippen molar-refractivity contribution in [2.24, 2.45) is 0 Å². The second-order valence-corrected chi connectivity index (χ2v) is 6.78. The summed E-state index contributed by atoms with van der Waals surface area (Å²) in [7, 11) is 1.34. The molecule has 28 heavy (non-hydrogen) atoms. The summed E-state index contributed by atoms with van der Waals surface area (Å²) in [6, 6.07) is 10.3. The molecule has 1 aromatic carbocycles. The topological polar surface area (TPSA) is 99.0 Å². The third-order valence-corrected chi connectivity index (χ3v) is 4.87. The molecule has 0 fully saturated rings. The number of amides is 1. The molecule has 4 rings (SSSR count). The van der Waals surface area contributed by atoms with Crippen LogP contribution in [-0.4, -0.2) is 39.0 Å². The Morgan fingerprint density at radius 3 is 2.61 bits per heavy atom. The summed E-state index contributed by atoms with van der Waals surface area (Å²) < 4.78 is 6.29. The summed E-state index contributed by atoms with van der Waals surface area (Å²) >= 11 is 5.81. The summed E-state index contributed by atoms with van der Waals surface area (Å²) in [5, 5.41) is 15.6. The Balaban J connectivity index is 1.78. The van der Waals surface area contributed by atoms with Gasteiger partial charge in [0.15, 0.2) is 11.0 Å². The molecule has 9 heteroatoms. The Bertz CT molecular complexity index is 1060. The predicted molar refractivity (Wildman–Crippen MR) is 102 cm³/mol. The Labute approximate surface area is 165 Å². The highest BCUT2D eigenvalue weighted by Gasteiger charge is 2.33. The number of halogens is 1. The van der Waals surface area contributed by atoms with Gasteiger partial charge in [-0.1, -0.05) is 23.7 Å². The quantitative estimate of drug-likeness (QED) is 0.682. The van der Waals surface area contributed by atoms with Crippen molar-refractivity contribution in [2.45, 2.75) is 19.3 Å². The molecule has 2 aromatic heterocycles. The van der Waals surface area contributed by atoms with Crippen molar-refractivity contribution < 1.29 is 14.3 Å². The minimum Gasteiger partial charge on any atom is -0.465 e. The molecule has 142 valence electrons. The van der Waals surface area contributed by atoms with Gasteiger partial charge in [0, 0.05) is 17.9 Å². The van der Waals surface area contributed by atoms with Gasteiger partial charge >= 0.3 is 5.97 Å². The van der Waals surface area contributed by atoms with Crippen LogP contribution in [0.3, 0.4) is 0 Å². The van der Waals surface area contributed by atoms with E-state index in [0.717, 1.165) is 16.8 Å². The number of hydrogen-bond acceptors (Lipinski definition) is 6. The van der Waals surface area contributed by atoms with Crippen molar-refractivity contribution in [2.75, 3.05) is 12.4 Å². The molecule has 1 amide bonds. The average Bonchev–Trinajstić information content (AvgIpc) is 3.03. The second kappa shape index (κ2) is 7.05. The maximum Gasteiger partial charge on any atom is 0.337 e. The van der Waals surface area contributed by atoms with E-state index in [1.807, 2.05) is 19.1 Å². The number of aromatic nitrogens is 4. The summed E-state index contributed by atoms with van der Waals surface area (Å²) in [5.41, 5.74) is 3.04. The van der Waals surface area contributed by atoms with Gasteiger partial charge < -0.3 is 10.1 Å². The number of hydrogen-bond donors (Lipinski definition) is 1. The fraction of sp³-hybridized carbons (Fsp3) is 0.211. The number of ether oxygens (including phenoxy) is 1. The van der Waals surface area contributed by atoms with Crippen LogP contribution >= 0.6 is 11.6 Å². The van der Waals surface area contributed by atoms with E-state index < -0.39 is 5.97 Å². The van der Waals surface area contributed by atoms with Gasteiger partial charge in [0.1, 0.15) is 5.82 Å². The van der Waals surface area contributed by atoms with E-state index in [4.69, 9.17) is 16.3 Å². The highest BCUT2D eigenvalue weighted by molar-refractivity contribution is 6.29. The fourth-order valence-corrected chi connectivity index (χ4v) is 3.49. The average molecular weight is 398 g/mol. The number of rotatable bonds is 3. The zero-order valence-electron chi connectivity index (χ0n) is 15.1. The van der Waals surface area contributed by atoms with Crippen molar-refractivity contribution >= 4 is 29.3 Å². The molecule has 0 saturated heterocycles. The minimum atomic E-state index is -0.404. The highest BCUT2D eigenvalue weighted by Crippen LogP contribution is 2.40. The molecular formula is C19H16ClN5O3. The van der Waals surface area contributed by atoms with Gasteiger partial charge in [-0.2, -0.15) is 9.78 Å². The molecule has 0 saturated carbocycles. The zero-order chi connectivity index (χ0) is 19.8. The first kappa shape index (κ1) is 18.1. The summed E-state index contributed by atoms with van der Waals surface area (Å²) in [4.78, 5) is 24.1. The number of nitrogens with zero attached hydrogens (tertiary/aromatic N) is 4. The molecule has 1 aliphatic heterocycles. The normalized spacial score (nSPS) is 15.7. The first-order valence-corrected chi connectivity index (χ1v) is 8.93. The fourth-order valence-electron chi connectivity index (χ4n) is 3.39. The lowest BCUT2D eigenvalue weighted by molar-refractivity contribution is -0.116. The maximum atomic E-state index is 12.4. The standard InChI is InChI=1S/C19H16ClN5O3/c1-10-17-13(11-3-5-12(6-4-11)19(27)28-2)9-16(26)21-18(17)25(24-10)15-8-7-14(20)22-23-15/h3-8,13H,9H2,1-2H3,(H,21,26). The third-order valence-electron chi connectivity index (χ3n) is 4.67. The summed E-state index contributed by atoms with van der Waals surface area (Å²) in [6.45, 7) is 1.88. The first-order chi connectivity index (χ1) is 13.5. The monoisotopic (exact) mass is 397 g/mol. The summed E-state index contributed by atoms with van der Waals surface area (Å²) in [6.07, 6.45) is 0.281. The van der Waals surface area contributed by atoms with E-state index in [1.54, 1.807) is 28.9 Å². The SMILES string of the molecule is COC(=O)c1ccc(C2CC(=O)Nc3c2c(C)nn3-c2ccc(Cl)nn2)cc1. The minimum absolute atomic E-state index is 0.127. The Morgan fingerprint density at radius 1 is 1.21 bits per heavy atom. The number of anilines is 1. The maximum absolute atomic E-state index is 12.4. The van der Waals surface area contributed by atoms with Gasteiger partial charge in [0.2, 0.25) is 5.91 Å². The number of fused-ring (bicyclic) bond motifs is 1. The molecule has 3 aromatic rings. The van der Waals surface area contributed by atoms with E-state index in [0.29, 0.717) is 17.2 Å². The number of carbonyl (C=O) groups excluding carboxylic acids is 2. The molecule has 0 spiro atoms. The Kier molecular flexibility index (Phi) is 4.56. The predicted octanol–water partition coefficient (Wildman–Crippen LogP) is 2.88. The lowest BCUT2D eigenvalue weighted by Crippen LogP contribution is -2.25. The van der Waals surface area contributed by atoms with E-state index in [1.165, 1.54) is 7.11 Å². The van der Waals surface area contributed by atoms with Crippen LogP contribution in [0.25, 0.3) is 5.82 Å². The van der Waals surface area contributed by atoms with Crippen LogP contribution in [0, 0.1) is 6.92 Å². The number of carbonyl (C=O) groups is 2. The molecule has 0 radical (unpaired) electrons. The lowest BCUT2D eigenvalue weighted by Gasteiger charge is -2.24. The number of nitrogens with one attached hydrogen (secondary N) is 1. The van der Waals surface area contributed by atoms with Gasteiger partial charge in [-0.3, -0.25) is 4.79 Å². The van der Waals surface area contributed by atoms with Crippen molar-refractivity contribution in [3.05, 3.63) is 63.9 Å². The number of methoxy groups -OCH3 is 1. The molecule has 0 bridgehead atoms. The number of aryl methyl sites for hydroxylation is 1. The zero-order valence-corrected chi connectivity index (χ0v) is 15.9. The van der Waals surface area contributed by atoms with Crippen LogP contribution in [0.1, 0.15) is 39.5 Å². The van der Waals surface area contributed by atoms with Crippen LogP contribution in [0.15, 0.2) is 36.4 Å². The van der Waals surface area contributed by atoms with Crippen LogP contribution in [-0.2, 0) is 9.53 Å². The van der Waals surface area contributed by atoms with Crippen LogP contribution in [0.2, 0.25) is 5.15 Å². The van der Waals surface area contributed by atoms with Crippen LogP contribution in [0.5, 0.6) is 0 Å². The van der Waals surface area contributed by atoms with E-state index in [9.17, 15) is 9.59 Å². The summed E-state index contributed by atoms with van der Waals surface area (Å²) in [5.74, 6) is 0.296. The Hall–Kier alpha value is -3.26. The third kappa shape index (κ3) is 3.11. The van der Waals surface area contributed by atoms with Gasteiger partial charge in [-0.25, -0.2) is 4.79 Å². The van der Waals surface area contributed by atoms with Gasteiger partial charge in [-0.05, 0) is 36.8 Å². The molecule has 1 unspecified atom stereocenters. The number of esters is 1. The molecule has 0 aliphatic carbocycles. The molecule has 8 nitrogen and oxygen atoms in total. The van der Waals surface area contributed by atoms with Crippen LogP contribution in [0.4, 0.5) is 5.82 Å². The molecule has 3 heterocycles. The molecule has 1 aliphatic rings. The van der Waals surface area contributed by atoms with Gasteiger partial charge in [-0.15, -0.1) is 10.2 Å². The van der Waals surface area contributed by atoms with Crippen molar-refractivity contribution in [1.82, 2.24) is 20.0 Å². The van der Waals surface area contributed by atoms with Crippen LogP contribution < -0.4 is 5.32 Å². The van der Waals surface area contributed by atoms with Crippen molar-refractivity contribution in [1.29, 1.82) is 0 Å². The first-order valence-electron chi connectivity index (χ1n) is 8.55. The number of benzene rings is 1. The molecule has 1 atom stereocenters. The molecule has 1 N–H and O–H groups in total. The van der Waals surface area contributed by atoms with Crippen molar-refractivity contribution in [3.8, 4) is 5.82 Å². The van der Waals surface area contributed by atoms with Gasteiger partial charge in [0.25, 0.3) is 0 Å². The Morgan fingerprint density at radius 2 is 1.96 bits per heavy atom. The van der Waals surface area contributed by atoms with E-state index >= 15 is 0 Å². The highest BCUT2D eigenvalue weighted by atomic mass is 35.5. The largest absolute Gasteiger partial charge is 0.465 e. The van der Waals surface area contributed by atoms with Crippen molar-refractivity contribution in [3.63, 3.8) is 0 Å². The van der Waals surface area contributed by atoms with Gasteiger partial charge in [0.05, 0.1) is 18.4 Å².